The Bertz CT molecular complexity index is 555. The molecule has 1 amide bonds. The van der Waals surface area contributed by atoms with Crippen molar-refractivity contribution in [3.05, 3.63) is 53.1 Å². The van der Waals surface area contributed by atoms with Crippen molar-refractivity contribution in [2.24, 2.45) is 5.73 Å². The molecule has 1 rings (SSSR count). The summed E-state index contributed by atoms with van der Waals surface area (Å²) in [6.45, 7) is 8.28. The third-order valence-electron chi connectivity index (χ3n) is 3.48. The summed E-state index contributed by atoms with van der Waals surface area (Å²) in [4.78, 5) is 11.0. The van der Waals surface area contributed by atoms with Crippen molar-refractivity contribution in [2.75, 3.05) is 19.8 Å². The van der Waals surface area contributed by atoms with Crippen LogP contribution in [0, 0.1) is 0 Å². The summed E-state index contributed by atoms with van der Waals surface area (Å²) in [6, 6.07) is 6.83. The molecule has 0 radical (unpaired) electrons. The Morgan fingerprint density at radius 2 is 1.79 bits per heavy atom. The van der Waals surface area contributed by atoms with Crippen molar-refractivity contribution >= 4 is 5.91 Å². The molecule has 132 valence electrons. The molecule has 0 saturated carbocycles. The second-order valence-corrected chi connectivity index (χ2v) is 6.04. The van der Waals surface area contributed by atoms with E-state index in [1.165, 1.54) is 11.1 Å². The van der Waals surface area contributed by atoms with E-state index in [-0.39, 0.29) is 0 Å². The van der Waals surface area contributed by atoms with Crippen molar-refractivity contribution < 1.29 is 14.3 Å². The van der Waals surface area contributed by atoms with Crippen LogP contribution in [0.5, 0.6) is 5.75 Å². The van der Waals surface area contributed by atoms with Gasteiger partial charge in [-0.05, 0) is 57.9 Å². The van der Waals surface area contributed by atoms with Gasteiger partial charge in [0.15, 0.2) is 0 Å². The lowest BCUT2D eigenvalue weighted by Gasteiger charge is -2.07. The average Bonchev–Trinajstić information content (AvgIpc) is 2.54. The SMILES string of the molecule is CC(C)=CCCC(C)=CCOCCCOc1ccc(C(N)=O)cc1. The number of amides is 1. The van der Waals surface area contributed by atoms with Crippen LogP contribution in [0.4, 0.5) is 0 Å². The number of benzene rings is 1. The van der Waals surface area contributed by atoms with Crippen LogP contribution in [0.3, 0.4) is 0 Å². The maximum Gasteiger partial charge on any atom is 0.248 e. The zero-order valence-corrected chi connectivity index (χ0v) is 15.0. The van der Waals surface area contributed by atoms with E-state index in [4.69, 9.17) is 15.2 Å². The summed E-state index contributed by atoms with van der Waals surface area (Å²) in [5.74, 6) is 0.300. The van der Waals surface area contributed by atoms with E-state index in [9.17, 15) is 4.79 Å². The normalized spacial score (nSPS) is 11.2. The molecule has 0 heterocycles. The maximum absolute atomic E-state index is 11.0. The Morgan fingerprint density at radius 3 is 2.42 bits per heavy atom. The quantitative estimate of drug-likeness (QED) is 0.487. The summed E-state index contributed by atoms with van der Waals surface area (Å²) >= 11 is 0. The molecule has 4 heteroatoms. The van der Waals surface area contributed by atoms with Gasteiger partial charge in [0, 0.05) is 12.0 Å². The first kappa shape index (κ1) is 20.0. The number of hydrogen-bond acceptors (Lipinski definition) is 3. The first-order valence-electron chi connectivity index (χ1n) is 8.38. The molecule has 0 spiro atoms. The zero-order chi connectivity index (χ0) is 17.8. The molecule has 0 aliphatic heterocycles. The Hall–Kier alpha value is -2.07. The molecule has 0 bridgehead atoms. The number of allylic oxidation sites excluding steroid dienone is 3. The Labute approximate surface area is 145 Å². The second-order valence-electron chi connectivity index (χ2n) is 6.04. The highest BCUT2D eigenvalue weighted by Gasteiger charge is 2.00. The Morgan fingerprint density at radius 1 is 1.08 bits per heavy atom. The van der Waals surface area contributed by atoms with Crippen molar-refractivity contribution in [1.82, 2.24) is 0 Å². The van der Waals surface area contributed by atoms with Crippen LogP contribution in [-0.4, -0.2) is 25.7 Å². The fourth-order valence-electron chi connectivity index (χ4n) is 2.04. The van der Waals surface area contributed by atoms with Gasteiger partial charge in [0.2, 0.25) is 5.91 Å². The van der Waals surface area contributed by atoms with E-state index in [0.29, 0.717) is 25.4 Å². The average molecular weight is 331 g/mol. The minimum Gasteiger partial charge on any atom is -0.494 e. The molecule has 24 heavy (non-hydrogen) atoms. The lowest BCUT2D eigenvalue weighted by Crippen LogP contribution is -2.10. The van der Waals surface area contributed by atoms with Gasteiger partial charge >= 0.3 is 0 Å². The molecule has 0 aliphatic rings. The van der Waals surface area contributed by atoms with Gasteiger partial charge in [-0.2, -0.15) is 0 Å². The van der Waals surface area contributed by atoms with Gasteiger partial charge in [0.1, 0.15) is 5.75 Å². The third-order valence-corrected chi connectivity index (χ3v) is 3.48. The maximum atomic E-state index is 11.0. The first-order chi connectivity index (χ1) is 11.5. The fourth-order valence-corrected chi connectivity index (χ4v) is 2.04. The molecule has 0 saturated heterocycles. The lowest BCUT2D eigenvalue weighted by molar-refractivity contribution is 0.100. The molecule has 2 N–H and O–H groups in total. The zero-order valence-electron chi connectivity index (χ0n) is 15.0. The van der Waals surface area contributed by atoms with Gasteiger partial charge in [-0.25, -0.2) is 0 Å². The van der Waals surface area contributed by atoms with Crippen LogP contribution in [0.2, 0.25) is 0 Å². The molecule has 0 atom stereocenters. The van der Waals surface area contributed by atoms with Crippen molar-refractivity contribution in [1.29, 1.82) is 0 Å². The van der Waals surface area contributed by atoms with Crippen LogP contribution in [-0.2, 0) is 4.74 Å². The van der Waals surface area contributed by atoms with Crippen molar-refractivity contribution in [3.63, 3.8) is 0 Å². The Kier molecular flexibility index (Phi) is 9.54. The predicted octanol–water partition coefficient (Wildman–Crippen LogP) is 4.26. The van der Waals surface area contributed by atoms with Gasteiger partial charge in [0.25, 0.3) is 0 Å². The molecule has 1 aromatic carbocycles. The lowest BCUT2D eigenvalue weighted by atomic mass is 10.1. The number of rotatable bonds is 11. The number of primary amides is 1. The first-order valence-corrected chi connectivity index (χ1v) is 8.38. The summed E-state index contributed by atoms with van der Waals surface area (Å²) in [6.07, 6.45) is 7.39. The van der Waals surface area contributed by atoms with Gasteiger partial charge in [0.05, 0.1) is 19.8 Å². The number of nitrogens with two attached hydrogens (primary N) is 1. The van der Waals surface area contributed by atoms with E-state index >= 15 is 0 Å². The minimum absolute atomic E-state index is 0.431. The van der Waals surface area contributed by atoms with E-state index in [2.05, 4.69) is 32.9 Å². The number of carbonyl (C=O) groups excluding carboxylic acids is 1. The summed E-state index contributed by atoms with van der Waals surface area (Å²) in [7, 11) is 0. The highest BCUT2D eigenvalue weighted by Crippen LogP contribution is 2.12. The molecule has 4 nitrogen and oxygen atoms in total. The Balaban J connectivity index is 2.09. The predicted molar refractivity (Wildman–Crippen MR) is 98.3 cm³/mol. The molecule has 0 aliphatic carbocycles. The van der Waals surface area contributed by atoms with Crippen LogP contribution >= 0.6 is 0 Å². The summed E-state index contributed by atoms with van der Waals surface area (Å²) in [5, 5.41) is 0. The van der Waals surface area contributed by atoms with Crippen LogP contribution in [0.25, 0.3) is 0 Å². The van der Waals surface area contributed by atoms with Crippen molar-refractivity contribution in [3.8, 4) is 5.75 Å². The molecule has 1 aromatic rings. The van der Waals surface area contributed by atoms with E-state index in [1.54, 1.807) is 24.3 Å². The fraction of sp³-hybridized carbons (Fsp3) is 0.450. The topological polar surface area (TPSA) is 61.6 Å². The number of carbonyl (C=O) groups is 1. The van der Waals surface area contributed by atoms with Gasteiger partial charge < -0.3 is 15.2 Å². The van der Waals surface area contributed by atoms with E-state index < -0.39 is 5.91 Å². The summed E-state index contributed by atoms with van der Waals surface area (Å²) < 4.78 is 11.2. The monoisotopic (exact) mass is 331 g/mol. The molecule has 0 aromatic heterocycles. The molecular weight excluding hydrogens is 302 g/mol. The second kappa shape index (κ2) is 11.5. The van der Waals surface area contributed by atoms with Crippen molar-refractivity contribution in [2.45, 2.75) is 40.0 Å². The van der Waals surface area contributed by atoms with E-state index in [1.807, 2.05) is 0 Å². The summed E-state index contributed by atoms with van der Waals surface area (Å²) in [5.41, 5.74) is 8.40. The van der Waals surface area contributed by atoms with Crippen LogP contribution < -0.4 is 10.5 Å². The smallest absolute Gasteiger partial charge is 0.248 e. The molecule has 0 unspecified atom stereocenters. The largest absolute Gasteiger partial charge is 0.494 e. The van der Waals surface area contributed by atoms with Gasteiger partial charge in [-0.15, -0.1) is 0 Å². The third kappa shape index (κ3) is 9.16. The highest BCUT2D eigenvalue weighted by atomic mass is 16.5. The number of ether oxygens (including phenoxy) is 2. The van der Waals surface area contributed by atoms with Gasteiger partial charge in [-0.3, -0.25) is 4.79 Å². The standard InChI is InChI=1S/C20H29NO3/c1-16(2)6-4-7-17(3)12-15-23-13-5-14-24-19-10-8-18(9-11-19)20(21)22/h6,8-12H,4-5,7,13-15H2,1-3H3,(H2,21,22). The highest BCUT2D eigenvalue weighted by molar-refractivity contribution is 5.92. The van der Waals surface area contributed by atoms with E-state index in [0.717, 1.165) is 25.0 Å². The minimum atomic E-state index is -0.431. The number of hydrogen-bond donors (Lipinski definition) is 1. The molecule has 0 fully saturated rings. The van der Waals surface area contributed by atoms with Crippen LogP contribution in [0.1, 0.15) is 50.4 Å². The van der Waals surface area contributed by atoms with Crippen LogP contribution in [0.15, 0.2) is 47.6 Å². The van der Waals surface area contributed by atoms with Gasteiger partial charge in [-0.1, -0.05) is 23.3 Å². The molecular formula is C20H29NO3.